The molecular formula is C19H19ClF3N3O3. The molecule has 2 aromatic rings. The number of amides is 1. The Kier molecular flexibility index (Phi) is 7.55. The summed E-state index contributed by atoms with van der Waals surface area (Å²) in [6, 6.07) is 4.33. The summed E-state index contributed by atoms with van der Waals surface area (Å²) in [6.45, 7) is 2.60. The maximum Gasteiger partial charge on any atom is 0.392 e. The zero-order chi connectivity index (χ0) is 21.6. The fraction of sp³-hybridized carbons (Fsp3) is 0.368. The number of nitrogens with one attached hydrogen (secondary N) is 1. The number of alkyl halides is 3. The van der Waals surface area contributed by atoms with Crippen molar-refractivity contribution >= 4 is 23.3 Å². The van der Waals surface area contributed by atoms with E-state index in [1.165, 1.54) is 19.2 Å². The summed E-state index contributed by atoms with van der Waals surface area (Å²) < 4.78 is 41.4. The van der Waals surface area contributed by atoms with E-state index in [1.807, 2.05) is 0 Å². The standard InChI is InChI=1S/C19H19ClF3N3O3/c1-11(27)7-15-8-13(3-5-24-15)12(2)26-17(28)14-9-16(20)18(25-10-14)29-6-4-19(21,22)23/h3,5,8-10,12H,4,6-7H2,1-2H3,(H,26,28). The fourth-order valence-electron chi connectivity index (χ4n) is 2.40. The van der Waals surface area contributed by atoms with E-state index in [-0.39, 0.29) is 28.7 Å². The molecule has 0 spiro atoms. The molecule has 156 valence electrons. The van der Waals surface area contributed by atoms with Crippen molar-refractivity contribution in [3.8, 4) is 5.88 Å². The van der Waals surface area contributed by atoms with Crippen LogP contribution in [0.4, 0.5) is 13.2 Å². The van der Waals surface area contributed by atoms with Gasteiger partial charge in [-0.25, -0.2) is 4.98 Å². The second-order valence-electron chi connectivity index (χ2n) is 6.38. The maximum absolute atomic E-state index is 12.4. The van der Waals surface area contributed by atoms with Crippen molar-refractivity contribution < 1.29 is 27.5 Å². The summed E-state index contributed by atoms with van der Waals surface area (Å²) >= 11 is 5.96. The molecule has 0 saturated heterocycles. The van der Waals surface area contributed by atoms with E-state index in [9.17, 15) is 22.8 Å². The number of carbonyl (C=O) groups excluding carboxylic acids is 2. The highest BCUT2D eigenvalue weighted by molar-refractivity contribution is 6.32. The van der Waals surface area contributed by atoms with Gasteiger partial charge in [0.1, 0.15) is 10.8 Å². The lowest BCUT2D eigenvalue weighted by Gasteiger charge is -2.15. The molecule has 0 bridgehead atoms. The van der Waals surface area contributed by atoms with Gasteiger partial charge in [-0.15, -0.1) is 0 Å². The minimum atomic E-state index is -4.35. The van der Waals surface area contributed by atoms with E-state index in [2.05, 4.69) is 15.3 Å². The first-order chi connectivity index (χ1) is 13.5. The summed E-state index contributed by atoms with van der Waals surface area (Å²) in [7, 11) is 0. The number of nitrogens with zero attached hydrogens (tertiary/aromatic N) is 2. The second kappa shape index (κ2) is 9.69. The molecule has 2 heterocycles. The summed E-state index contributed by atoms with van der Waals surface area (Å²) in [4.78, 5) is 31.6. The lowest BCUT2D eigenvalue weighted by Crippen LogP contribution is -2.27. The van der Waals surface area contributed by atoms with Crippen molar-refractivity contribution in [3.05, 3.63) is 52.4 Å². The third-order valence-electron chi connectivity index (χ3n) is 3.81. The van der Waals surface area contributed by atoms with Gasteiger partial charge in [0, 0.05) is 24.5 Å². The summed E-state index contributed by atoms with van der Waals surface area (Å²) in [5, 5.41) is 2.69. The Bertz CT molecular complexity index is 890. The molecule has 29 heavy (non-hydrogen) atoms. The van der Waals surface area contributed by atoms with Gasteiger partial charge < -0.3 is 10.1 Å². The van der Waals surface area contributed by atoms with Gasteiger partial charge in [0.15, 0.2) is 0 Å². The number of Topliss-reactive ketones (excluding diaryl/α,β-unsaturated/α-hetero) is 1. The van der Waals surface area contributed by atoms with Crippen molar-refractivity contribution in [1.29, 1.82) is 0 Å². The van der Waals surface area contributed by atoms with Crippen molar-refractivity contribution in [3.63, 3.8) is 0 Å². The van der Waals surface area contributed by atoms with Gasteiger partial charge in [-0.05, 0) is 37.6 Å². The van der Waals surface area contributed by atoms with Crippen LogP contribution in [0.3, 0.4) is 0 Å². The van der Waals surface area contributed by atoms with Crippen LogP contribution >= 0.6 is 11.6 Å². The van der Waals surface area contributed by atoms with Crippen LogP contribution in [0.2, 0.25) is 5.02 Å². The van der Waals surface area contributed by atoms with Gasteiger partial charge in [-0.2, -0.15) is 13.2 Å². The number of rotatable bonds is 8. The van der Waals surface area contributed by atoms with Crippen LogP contribution in [0, 0.1) is 0 Å². The molecule has 1 amide bonds. The Labute approximate surface area is 170 Å². The molecule has 2 rings (SSSR count). The monoisotopic (exact) mass is 429 g/mol. The van der Waals surface area contributed by atoms with E-state index in [1.54, 1.807) is 25.3 Å². The molecular weight excluding hydrogens is 411 g/mol. The van der Waals surface area contributed by atoms with Crippen LogP contribution in [0.25, 0.3) is 0 Å². The average Bonchev–Trinajstić information content (AvgIpc) is 2.61. The Balaban J connectivity index is 2.01. The van der Waals surface area contributed by atoms with E-state index >= 15 is 0 Å². The second-order valence-corrected chi connectivity index (χ2v) is 6.79. The Morgan fingerprint density at radius 2 is 2.00 bits per heavy atom. The molecule has 0 fully saturated rings. The fourth-order valence-corrected chi connectivity index (χ4v) is 2.62. The van der Waals surface area contributed by atoms with Crippen LogP contribution in [0.5, 0.6) is 5.88 Å². The largest absolute Gasteiger partial charge is 0.476 e. The Morgan fingerprint density at radius 1 is 1.28 bits per heavy atom. The van der Waals surface area contributed by atoms with Crippen LogP contribution in [-0.4, -0.2) is 34.4 Å². The number of aromatic nitrogens is 2. The van der Waals surface area contributed by atoms with Gasteiger partial charge in [0.25, 0.3) is 5.91 Å². The first-order valence-electron chi connectivity index (χ1n) is 8.65. The van der Waals surface area contributed by atoms with Crippen LogP contribution in [0.1, 0.15) is 47.9 Å². The molecule has 0 saturated carbocycles. The first-order valence-corrected chi connectivity index (χ1v) is 9.03. The number of hydrogen-bond acceptors (Lipinski definition) is 5. The first kappa shape index (κ1) is 22.6. The number of pyridine rings is 2. The van der Waals surface area contributed by atoms with E-state index in [0.29, 0.717) is 5.69 Å². The van der Waals surface area contributed by atoms with E-state index in [0.717, 1.165) is 5.56 Å². The molecule has 0 radical (unpaired) electrons. The minimum Gasteiger partial charge on any atom is -0.476 e. The van der Waals surface area contributed by atoms with Crippen LogP contribution in [0.15, 0.2) is 30.6 Å². The van der Waals surface area contributed by atoms with Crippen molar-refractivity contribution in [2.45, 2.75) is 38.9 Å². The van der Waals surface area contributed by atoms with Crippen molar-refractivity contribution in [2.24, 2.45) is 0 Å². The van der Waals surface area contributed by atoms with Crippen LogP contribution in [-0.2, 0) is 11.2 Å². The van der Waals surface area contributed by atoms with Gasteiger partial charge in [0.05, 0.1) is 24.6 Å². The highest BCUT2D eigenvalue weighted by atomic mass is 35.5. The molecule has 1 unspecified atom stereocenters. The summed E-state index contributed by atoms with van der Waals surface area (Å²) in [6.07, 6.45) is -2.56. The molecule has 0 aromatic carbocycles. The molecule has 10 heteroatoms. The summed E-state index contributed by atoms with van der Waals surface area (Å²) in [5.74, 6) is -0.674. The highest BCUT2D eigenvalue weighted by Gasteiger charge is 2.27. The lowest BCUT2D eigenvalue weighted by atomic mass is 10.1. The van der Waals surface area contributed by atoms with Gasteiger partial charge in [0.2, 0.25) is 5.88 Å². The Morgan fingerprint density at radius 3 is 2.62 bits per heavy atom. The van der Waals surface area contributed by atoms with Crippen molar-refractivity contribution in [2.75, 3.05) is 6.61 Å². The lowest BCUT2D eigenvalue weighted by molar-refractivity contribution is -0.139. The molecule has 1 atom stereocenters. The van der Waals surface area contributed by atoms with Crippen molar-refractivity contribution in [1.82, 2.24) is 15.3 Å². The number of hydrogen-bond donors (Lipinski definition) is 1. The van der Waals surface area contributed by atoms with Gasteiger partial charge >= 0.3 is 6.18 Å². The topological polar surface area (TPSA) is 81.2 Å². The molecule has 0 aliphatic rings. The summed E-state index contributed by atoms with van der Waals surface area (Å²) in [5.41, 5.74) is 1.49. The highest BCUT2D eigenvalue weighted by Crippen LogP contribution is 2.25. The number of halogens is 4. The van der Waals surface area contributed by atoms with Gasteiger partial charge in [-0.3, -0.25) is 14.6 Å². The third-order valence-corrected chi connectivity index (χ3v) is 4.08. The predicted octanol–water partition coefficient (Wildman–Crippen LogP) is 4.08. The van der Waals surface area contributed by atoms with Gasteiger partial charge in [-0.1, -0.05) is 11.6 Å². The zero-order valence-electron chi connectivity index (χ0n) is 15.7. The van der Waals surface area contributed by atoms with E-state index < -0.39 is 31.2 Å². The molecule has 1 N–H and O–H groups in total. The normalized spacial score (nSPS) is 12.3. The predicted molar refractivity (Wildman–Crippen MR) is 99.9 cm³/mol. The number of carbonyl (C=O) groups is 2. The average molecular weight is 430 g/mol. The Hall–Kier alpha value is -2.68. The van der Waals surface area contributed by atoms with Crippen LogP contribution < -0.4 is 10.1 Å². The molecule has 6 nitrogen and oxygen atoms in total. The minimum absolute atomic E-state index is 0.0235. The quantitative estimate of drug-likeness (QED) is 0.683. The third kappa shape index (κ3) is 7.34. The number of ether oxygens (including phenoxy) is 1. The molecule has 2 aromatic heterocycles. The molecule has 0 aliphatic carbocycles. The maximum atomic E-state index is 12.4. The zero-order valence-corrected chi connectivity index (χ0v) is 16.5. The molecule has 0 aliphatic heterocycles. The number of ketones is 1. The SMILES string of the molecule is CC(=O)Cc1cc(C(C)NC(=O)c2cnc(OCCC(F)(F)F)c(Cl)c2)ccn1. The van der Waals surface area contributed by atoms with E-state index in [4.69, 9.17) is 16.3 Å². The smallest absolute Gasteiger partial charge is 0.392 e.